The summed E-state index contributed by atoms with van der Waals surface area (Å²) in [5, 5.41) is 6.95. The zero-order valence-electron chi connectivity index (χ0n) is 25.4. The molecule has 3 aromatic rings. The predicted molar refractivity (Wildman–Crippen MR) is 173 cm³/mol. The van der Waals surface area contributed by atoms with Gasteiger partial charge in [0.2, 0.25) is 5.91 Å². The summed E-state index contributed by atoms with van der Waals surface area (Å²) >= 11 is 6.40. The Morgan fingerprint density at radius 2 is 1.68 bits per heavy atom. The van der Waals surface area contributed by atoms with Crippen LogP contribution < -0.4 is 22.1 Å². The van der Waals surface area contributed by atoms with Crippen molar-refractivity contribution in [3.63, 3.8) is 0 Å². The van der Waals surface area contributed by atoms with E-state index in [1.165, 1.54) is 0 Å². The summed E-state index contributed by atoms with van der Waals surface area (Å²) in [6.07, 6.45) is 3.89. The van der Waals surface area contributed by atoms with E-state index in [1.54, 1.807) is 11.0 Å². The molecular weight excluding hydrogens is 580 g/mol. The zero-order valence-corrected chi connectivity index (χ0v) is 26.1. The number of fused-ring (bicyclic) bond motifs is 1. The van der Waals surface area contributed by atoms with Crippen LogP contribution >= 0.6 is 11.6 Å². The SMILES string of the molecule is Cc1cc(C[C@@H](NC(=O)N2CCC(n3c(=O)[nH]c4ccccc43)CC2)C(=O)N2CCN(C3CCNCC3)CC2)cc(Cl)c1N. The minimum atomic E-state index is -0.735. The van der Waals surface area contributed by atoms with E-state index in [1.807, 2.05) is 46.7 Å². The standard InChI is InChI=1S/C32H43ClN8O3/c1-21-18-22(19-25(33)29(21)34)20-27(30(42)39-16-14-38(15-17-39)23-6-10-35-11-7-23)37-31(43)40-12-8-24(9-13-40)41-28-5-3-2-4-26(28)36-32(41)44/h2-5,18-19,23-24,27,35H,6-17,20,34H2,1H3,(H,36,44)(H,37,43)/t27-/m1/s1. The van der Waals surface area contributed by atoms with E-state index in [0.717, 1.165) is 61.2 Å². The average molecular weight is 623 g/mol. The molecule has 0 aliphatic carbocycles. The first kappa shape index (κ1) is 30.5. The molecule has 3 aliphatic heterocycles. The molecule has 5 N–H and O–H groups in total. The van der Waals surface area contributed by atoms with Crippen molar-refractivity contribution in [2.24, 2.45) is 0 Å². The normalized spacial score (nSPS) is 19.8. The molecule has 3 aliphatic rings. The van der Waals surface area contributed by atoms with Crippen LogP contribution in [0.25, 0.3) is 11.0 Å². The van der Waals surface area contributed by atoms with Crippen LogP contribution in [-0.2, 0) is 11.2 Å². The van der Waals surface area contributed by atoms with Crippen LogP contribution in [0.2, 0.25) is 5.02 Å². The van der Waals surface area contributed by atoms with Gasteiger partial charge < -0.3 is 31.2 Å². The molecule has 236 valence electrons. The van der Waals surface area contributed by atoms with Crippen LogP contribution in [0.15, 0.2) is 41.2 Å². The minimum absolute atomic E-state index is 0.00346. The Labute approximate surface area is 262 Å². The summed E-state index contributed by atoms with van der Waals surface area (Å²) in [4.78, 5) is 49.4. The van der Waals surface area contributed by atoms with E-state index < -0.39 is 6.04 Å². The average Bonchev–Trinajstić information content (AvgIpc) is 3.39. The number of imidazole rings is 1. The molecule has 44 heavy (non-hydrogen) atoms. The van der Waals surface area contributed by atoms with Gasteiger partial charge in [-0.3, -0.25) is 14.3 Å². The van der Waals surface area contributed by atoms with Gasteiger partial charge in [-0.05, 0) is 75.0 Å². The number of nitrogen functional groups attached to an aromatic ring is 1. The fourth-order valence-corrected chi connectivity index (χ4v) is 7.37. The third-order valence-corrected chi connectivity index (χ3v) is 9.94. The monoisotopic (exact) mass is 622 g/mol. The third-order valence-electron chi connectivity index (χ3n) is 9.62. The molecule has 0 radical (unpaired) electrons. The number of nitrogens with zero attached hydrogens (tertiary/aromatic N) is 4. The molecule has 3 saturated heterocycles. The maximum Gasteiger partial charge on any atom is 0.326 e. The Morgan fingerprint density at radius 1 is 0.977 bits per heavy atom. The number of piperazine rings is 1. The minimum Gasteiger partial charge on any atom is -0.397 e. The van der Waals surface area contributed by atoms with Gasteiger partial charge in [-0.15, -0.1) is 0 Å². The smallest absolute Gasteiger partial charge is 0.326 e. The van der Waals surface area contributed by atoms with Gasteiger partial charge in [0, 0.05) is 57.8 Å². The van der Waals surface area contributed by atoms with Gasteiger partial charge in [0.05, 0.1) is 21.7 Å². The number of aromatic nitrogens is 2. The molecular formula is C32H43ClN8O3. The Bertz CT molecular complexity index is 1530. The first-order valence-corrected chi connectivity index (χ1v) is 16.2. The van der Waals surface area contributed by atoms with Crippen LogP contribution in [0.1, 0.15) is 42.9 Å². The number of benzene rings is 2. The highest BCUT2D eigenvalue weighted by Crippen LogP contribution is 2.27. The van der Waals surface area contributed by atoms with Crippen molar-refractivity contribution in [1.82, 2.24) is 34.9 Å². The van der Waals surface area contributed by atoms with E-state index in [2.05, 4.69) is 20.5 Å². The lowest BCUT2D eigenvalue weighted by Gasteiger charge is -2.42. The molecule has 4 heterocycles. The Morgan fingerprint density at radius 3 is 2.39 bits per heavy atom. The number of nitrogens with one attached hydrogen (secondary N) is 3. The first-order chi connectivity index (χ1) is 21.3. The number of amides is 3. The second-order valence-corrected chi connectivity index (χ2v) is 12.8. The maximum atomic E-state index is 14.0. The lowest BCUT2D eigenvalue weighted by Crippen LogP contribution is -2.59. The summed E-state index contributed by atoms with van der Waals surface area (Å²) in [6, 6.07) is 11.0. The second-order valence-electron chi connectivity index (χ2n) is 12.4. The lowest BCUT2D eigenvalue weighted by molar-refractivity contribution is -0.135. The number of likely N-dealkylation sites (tertiary alicyclic amines) is 1. The number of hydrogen-bond acceptors (Lipinski definition) is 6. The molecule has 0 saturated carbocycles. The topological polar surface area (TPSA) is 132 Å². The number of urea groups is 1. The number of carbonyl (C=O) groups is 2. The van der Waals surface area contributed by atoms with Crippen molar-refractivity contribution in [2.75, 3.05) is 58.1 Å². The maximum absolute atomic E-state index is 14.0. The number of hydrogen-bond donors (Lipinski definition) is 4. The second kappa shape index (κ2) is 13.2. The molecule has 11 nitrogen and oxygen atoms in total. The molecule has 1 atom stereocenters. The van der Waals surface area contributed by atoms with Crippen molar-refractivity contribution >= 4 is 40.3 Å². The van der Waals surface area contributed by atoms with E-state index in [0.29, 0.717) is 62.2 Å². The van der Waals surface area contributed by atoms with Crippen LogP contribution in [0.3, 0.4) is 0 Å². The Hall–Kier alpha value is -3.54. The summed E-state index contributed by atoms with van der Waals surface area (Å²) < 4.78 is 1.81. The van der Waals surface area contributed by atoms with Gasteiger partial charge in [-0.25, -0.2) is 9.59 Å². The van der Waals surface area contributed by atoms with Gasteiger partial charge in [0.1, 0.15) is 6.04 Å². The number of carbonyl (C=O) groups excluding carboxylic acids is 2. The van der Waals surface area contributed by atoms with Crippen LogP contribution in [0.5, 0.6) is 0 Å². The molecule has 0 spiro atoms. The molecule has 1 aromatic heterocycles. The van der Waals surface area contributed by atoms with Crippen LogP contribution in [0, 0.1) is 6.92 Å². The van der Waals surface area contributed by atoms with Gasteiger partial charge in [-0.1, -0.05) is 29.8 Å². The first-order valence-electron chi connectivity index (χ1n) is 15.8. The summed E-state index contributed by atoms with van der Waals surface area (Å²) in [5.41, 5.74) is 9.86. The highest BCUT2D eigenvalue weighted by Gasteiger charge is 2.33. The molecule has 12 heteroatoms. The quantitative estimate of drug-likeness (QED) is 0.313. The molecule has 3 amide bonds. The van der Waals surface area contributed by atoms with Gasteiger partial charge >= 0.3 is 11.7 Å². The fraction of sp³-hybridized carbons (Fsp3) is 0.531. The number of aryl methyl sites for hydroxylation is 1. The van der Waals surface area contributed by atoms with Crippen molar-refractivity contribution in [3.8, 4) is 0 Å². The zero-order chi connectivity index (χ0) is 30.8. The summed E-state index contributed by atoms with van der Waals surface area (Å²) in [5.74, 6) is -0.0749. The number of rotatable bonds is 6. The number of piperidine rings is 2. The van der Waals surface area contributed by atoms with E-state index in [4.69, 9.17) is 17.3 Å². The van der Waals surface area contributed by atoms with E-state index in [-0.39, 0.29) is 23.7 Å². The van der Waals surface area contributed by atoms with Crippen molar-refractivity contribution in [1.29, 1.82) is 0 Å². The van der Waals surface area contributed by atoms with Gasteiger partial charge in [0.15, 0.2) is 0 Å². The van der Waals surface area contributed by atoms with Crippen molar-refractivity contribution in [2.45, 2.75) is 57.2 Å². The number of halogens is 1. The Kier molecular flexibility index (Phi) is 9.16. The van der Waals surface area contributed by atoms with Gasteiger partial charge in [-0.2, -0.15) is 0 Å². The van der Waals surface area contributed by atoms with Crippen LogP contribution in [0.4, 0.5) is 10.5 Å². The number of H-pyrrole nitrogens is 1. The molecule has 0 unspecified atom stereocenters. The molecule has 2 aromatic carbocycles. The largest absolute Gasteiger partial charge is 0.397 e. The third kappa shape index (κ3) is 6.45. The number of anilines is 1. The predicted octanol–water partition coefficient (Wildman–Crippen LogP) is 2.73. The van der Waals surface area contributed by atoms with Gasteiger partial charge in [0.25, 0.3) is 0 Å². The highest BCUT2D eigenvalue weighted by atomic mass is 35.5. The lowest BCUT2D eigenvalue weighted by atomic mass is 10.0. The number of para-hydroxylation sites is 2. The molecule has 3 fully saturated rings. The number of nitrogens with two attached hydrogens (primary N) is 1. The van der Waals surface area contributed by atoms with E-state index >= 15 is 0 Å². The summed E-state index contributed by atoms with van der Waals surface area (Å²) in [6.45, 7) is 7.91. The summed E-state index contributed by atoms with van der Waals surface area (Å²) in [7, 11) is 0. The van der Waals surface area contributed by atoms with Crippen molar-refractivity contribution in [3.05, 3.63) is 63.0 Å². The molecule has 0 bridgehead atoms. The number of aromatic amines is 1. The fourth-order valence-electron chi connectivity index (χ4n) is 7.08. The highest BCUT2D eigenvalue weighted by molar-refractivity contribution is 6.33. The molecule has 6 rings (SSSR count). The van der Waals surface area contributed by atoms with Crippen molar-refractivity contribution < 1.29 is 9.59 Å². The van der Waals surface area contributed by atoms with Crippen LogP contribution in [-0.4, -0.2) is 101 Å². The Balaban J connectivity index is 1.13. The van der Waals surface area contributed by atoms with E-state index in [9.17, 15) is 14.4 Å².